The highest BCUT2D eigenvalue weighted by Gasteiger charge is 2.51. The molecular formula is C22H22B2O6. The lowest BCUT2D eigenvalue weighted by Gasteiger charge is -2.21. The summed E-state index contributed by atoms with van der Waals surface area (Å²) in [6, 6.07) is 20.4. The molecule has 4 saturated heterocycles. The van der Waals surface area contributed by atoms with E-state index in [-0.39, 0.29) is 24.4 Å². The second kappa shape index (κ2) is 7.96. The van der Waals surface area contributed by atoms with Gasteiger partial charge >= 0.3 is 14.2 Å². The Balaban J connectivity index is 1.48. The first-order valence-corrected chi connectivity index (χ1v) is 10.5. The van der Waals surface area contributed by atoms with Crippen LogP contribution in [0, 0.1) is 0 Å². The predicted octanol–water partition coefficient (Wildman–Crippen LogP) is 2.28. The summed E-state index contributed by atoms with van der Waals surface area (Å²) in [4.78, 5) is 0. The van der Waals surface area contributed by atoms with Crippen LogP contribution in [-0.2, 0) is 28.1 Å². The molecule has 0 N–H and O–H groups in total. The summed E-state index contributed by atoms with van der Waals surface area (Å²) in [6.45, 7) is 2.23. The molecule has 0 radical (unpaired) electrons. The molecule has 0 amide bonds. The van der Waals surface area contributed by atoms with Gasteiger partial charge in [0, 0.05) is 0 Å². The molecule has 4 atom stereocenters. The minimum atomic E-state index is -0.509. The van der Waals surface area contributed by atoms with Crippen molar-refractivity contribution in [2.45, 2.75) is 24.4 Å². The summed E-state index contributed by atoms with van der Waals surface area (Å²) in [5.74, 6) is 0. The summed E-state index contributed by atoms with van der Waals surface area (Å²) < 4.78 is 36.3. The third-order valence-electron chi connectivity index (χ3n) is 6.08. The van der Waals surface area contributed by atoms with Crippen molar-refractivity contribution in [1.29, 1.82) is 0 Å². The van der Waals surface area contributed by atoms with Crippen LogP contribution in [0.5, 0.6) is 0 Å². The number of benzene rings is 2. The van der Waals surface area contributed by atoms with Crippen molar-refractivity contribution in [3.63, 3.8) is 0 Å². The van der Waals surface area contributed by atoms with Crippen LogP contribution >= 0.6 is 0 Å². The Bertz CT molecular complexity index is 824. The fraction of sp³-hybridized carbons (Fsp3) is 0.364. The van der Waals surface area contributed by atoms with Crippen LogP contribution < -0.4 is 0 Å². The highest BCUT2D eigenvalue weighted by atomic mass is 16.7. The number of hydrogen-bond acceptors (Lipinski definition) is 6. The Labute approximate surface area is 176 Å². The minimum Gasteiger partial charge on any atom is -0.399 e. The Morgan fingerprint density at radius 3 is 1.20 bits per heavy atom. The van der Waals surface area contributed by atoms with Gasteiger partial charge in [0.15, 0.2) is 0 Å². The van der Waals surface area contributed by atoms with Gasteiger partial charge in [0.25, 0.3) is 0 Å². The fourth-order valence-corrected chi connectivity index (χ4v) is 4.58. The molecule has 2 aromatic carbocycles. The van der Waals surface area contributed by atoms with Crippen LogP contribution in [0.15, 0.2) is 60.7 Å². The van der Waals surface area contributed by atoms with Crippen molar-refractivity contribution >= 4 is 25.2 Å². The molecule has 152 valence electrons. The average Bonchev–Trinajstić information content (AvgIpc) is 3.54. The summed E-state index contributed by atoms with van der Waals surface area (Å²) in [5, 5.41) is 0. The van der Waals surface area contributed by atoms with Crippen LogP contribution in [0.2, 0.25) is 0 Å². The standard InChI is InChI=1S/C22H22B2O6/c1-3-7-15(8-4-1)21(23-27-17-11-25-12-18(17)28-23)22(16-9-5-2-6-10-16)24-29-19-13-26-14-20(19)30-24/h1-10,17-20H,11-14H2/t17-,18?,19-,20?/m1/s1. The average molecular weight is 404 g/mol. The van der Waals surface area contributed by atoms with Crippen molar-refractivity contribution in [3.05, 3.63) is 71.8 Å². The maximum absolute atomic E-state index is 6.32. The highest BCUT2D eigenvalue weighted by molar-refractivity contribution is 6.82. The van der Waals surface area contributed by atoms with Gasteiger partial charge in [-0.1, -0.05) is 60.7 Å². The molecule has 0 saturated carbocycles. The largest absolute Gasteiger partial charge is 0.494 e. The van der Waals surface area contributed by atoms with Gasteiger partial charge in [-0.3, -0.25) is 0 Å². The fourth-order valence-electron chi connectivity index (χ4n) is 4.58. The van der Waals surface area contributed by atoms with Gasteiger partial charge in [-0.15, -0.1) is 0 Å². The van der Waals surface area contributed by atoms with Crippen molar-refractivity contribution in [2.24, 2.45) is 0 Å². The predicted molar refractivity (Wildman–Crippen MR) is 112 cm³/mol. The SMILES string of the molecule is c1ccc(C(B2OC3COC[C@H]3O2)=C(B2OC3COC[C@H]3O2)c2ccccc2)cc1. The van der Waals surface area contributed by atoms with Crippen molar-refractivity contribution in [3.8, 4) is 0 Å². The van der Waals surface area contributed by atoms with E-state index in [1.807, 2.05) is 36.4 Å². The molecule has 0 aromatic heterocycles. The van der Waals surface area contributed by atoms with Crippen LogP contribution in [0.4, 0.5) is 0 Å². The zero-order valence-electron chi connectivity index (χ0n) is 16.5. The summed E-state index contributed by atoms with van der Waals surface area (Å²) >= 11 is 0. The molecule has 30 heavy (non-hydrogen) atoms. The van der Waals surface area contributed by atoms with E-state index in [1.165, 1.54) is 0 Å². The first-order chi connectivity index (χ1) is 14.9. The molecule has 4 fully saturated rings. The lowest BCUT2D eigenvalue weighted by Crippen LogP contribution is -2.29. The van der Waals surface area contributed by atoms with E-state index in [0.29, 0.717) is 26.4 Å². The zero-order valence-corrected chi connectivity index (χ0v) is 16.5. The molecule has 0 aliphatic carbocycles. The van der Waals surface area contributed by atoms with Crippen molar-refractivity contribution < 1.29 is 28.1 Å². The van der Waals surface area contributed by atoms with Gasteiger partial charge in [0.1, 0.15) is 0 Å². The van der Waals surface area contributed by atoms with E-state index < -0.39 is 14.2 Å². The van der Waals surface area contributed by atoms with Gasteiger partial charge in [0.2, 0.25) is 0 Å². The minimum absolute atomic E-state index is 0.0519. The van der Waals surface area contributed by atoms with Gasteiger partial charge < -0.3 is 28.1 Å². The van der Waals surface area contributed by atoms with Crippen LogP contribution in [0.1, 0.15) is 11.1 Å². The first kappa shape index (κ1) is 18.8. The molecular weight excluding hydrogens is 382 g/mol. The van der Waals surface area contributed by atoms with E-state index in [2.05, 4.69) is 24.3 Å². The molecule has 2 unspecified atom stereocenters. The zero-order chi connectivity index (χ0) is 19.9. The summed E-state index contributed by atoms with van der Waals surface area (Å²) in [6.07, 6.45) is -0.208. The molecule has 4 aliphatic rings. The molecule has 0 spiro atoms. The monoisotopic (exact) mass is 404 g/mol. The maximum atomic E-state index is 6.32. The number of fused-ring (bicyclic) bond motifs is 2. The van der Waals surface area contributed by atoms with E-state index in [4.69, 9.17) is 28.1 Å². The van der Waals surface area contributed by atoms with E-state index in [0.717, 1.165) is 22.1 Å². The smallest absolute Gasteiger partial charge is 0.399 e. The van der Waals surface area contributed by atoms with E-state index in [9.17, 15) is 0 Å². The van der Waals surface area contributed by atoms with Gasteiger partial charge in [-0.05, 0) is 22.1 Å². The normalized spacial score (nSPS) is 31.1. The number of ether oxygens (including phenoxy) is 2. The maximum Gasteiger partial charge on any atom is 0.494 e. The van der Waals surface area contributed by atoms with Crippen LogP contribution in [-0.4, -0.2) is 65.1 Å². The lowest BCUT2D eigenvalue weighted by atomic mass is 9.60. The van der Waals surface area contributed by atoms with Crippen LogP contribution in [0.3, 0.4) is 0 Å². The van der Waals surface area contributed by atoms with E-state index in [1.54, 1.807) is 0 Å². The highest BCUT2D eigenvalue weighted by Crippen LogP contribution is 2.39. The van der Waals surface area contributed by atoms with Gasteiger partial charge in [0.05, 0.1) is 50.8 Å². The van der Waals surface area contributed by atoms with Crippen molar-refractivity contribution in [2.75, 3.05) is 26.4 Å². The second-order valence-electron chi connectivity index (χ2n) is 8.00. The Kier molecular flexibility index (Phi) is 4.99. The van der Waals surface area contributed by atoms with Gasteiger partial charge in [-0.25, -0.2) is 0 Å². The molecule has 4 heterocycles. The third-order valence-corrected chi connectivity index (χ3v) is 6.08. The second-order valence-corrected chi connectivity index (χ2v) is 8.00. The Morgan fingerprint density at radius 2 is 0.867 bits per heavy atom. The first-order valence-electron chi connectivity index (χ1n) is 10.5. The molecule has 6 nitrogen and oxygen atoms in total. The third kappa shape index (κ3) is 3.34. The molecule has 8 heteroatoms. The lowest BCUT2D eigenvalue weighted by molar-refractivity contribution is 0.129. The Morgan fingerprint density at radius 1 is 0.533 bits per heavy atom. The molecule has 6 rings (SSSR count). The Hall–Kier alpha value is -1.93. The molecule has 2 aromatic rings. The van der Waals surface area contributed by atoms with Gasteiger partial charge in [-0.2, -0.15) is 0 Å². The summed E-state index contributed by atoms with van der Waals surface area (Å²) in [7, 11) is -1.02. The molecule has 4 aliphatic heterocycles. The number of rotatable bonds is 4. The van der Waals surface area contributed by atoms with E-state index >= 15 is 0 Å². The summed E-state index contributed by atoms with van der Waals surface area (Å²) in [5.41, 5.74) is 3.95. The van der Waals surface area contributed by atoms with Crippen LogP contribution in [0.25, 0.3) is 10.9 Å². The topological polar surface area (TPSA) is 55.4 Å². The number of hydrogen-bond donors (Lipinski definition) is 0. The molecule has 0 bridgehead atoms. The van der Waals surface area contributed by atoms with Crippen molar-refractivity contribution in [1.82, 2.24) is 0 Å². The quantitative estimate of drug-likeness (QED) is 0.576.